The predicted molar refractivity (Wildman–Crippen MR) is 80.7 cm³/mol. The Morgan fingerprint density at radius 3 is 2.81 bits per heavy atom. The van der Waals surface area contributed by atoms with Crippen molar-refractivity contribution in [2.75, 3.05) is 31.5 Å². The summed E-state index contributed by atoms with van der Waals surface area (Å²) >= 11 is 5.93. The summed E-state index contributed by atoms with van der Waals surface area (Å²) < 4.78 is 1.56. The molecule has 3 heterocycles. The maximum Gasteiger partial charge on any atom is 0.256 e. The van der Waals surface area contributed by atoms with Crippen LogP contribution in [0.4, 0.5) is 5.95 Å². The van der Waals surface area contributed by atoms with Crippen LogP contribution in [0.15, 0.2) is 18.5 Å². The Labute approximate surface area is 128 Å². The van der Waals surface area contributed by atoms with Gasteiger partial charge in [0, 0.05) is 18.9 Å². The molecule has 1 fully saturated rings. The summed E-state index contributed by atoms with van der Waals surface area (Å²) in [6.45, 7) is 4.37. The van der Waals surface area contributed by atoms with E-state index in [4.69, 9.17) is 11.6 Å². The van der Waals surface area contributed by atoms with Gasteiger partial charge in [0.05, 0.1) is 0 Å². The Kier molecular flexibility index (Phi) is 4.62. The highest BCUT2D eigenvalue weighted by Gasteiger charge is 2.11. The highest BCUT2D eigenvalue weighted by molar-refractivity contribution is 6.28. The van der Waals surface area contributed by atoms with Crippen LogP contribution in [0.1, 0.15) is 19.3 Å². The van der Waals surface area contributed by atoms with Gasteiger partial charge in [0.15, 0.2) is 0 Å². The molecule has 0 radical (unpaired) electrons. The molecular weight excluding hydrogens is 290 g/mol. The van der Waals surface area contributed by atoms with Gasteiger partial charge in [-0.15, -0.1) is 0 Å². The Morgan fingerprint density at radius 2 is 2.05 bits per heavy atom. The van der Waals surface area contributed by atoms with Crippen LogP contribution in [0.3, 0.4) is 0 Å². The maximum atomic E-state index is 5.93. The van der Waals surface area contributed by atoms with Crippen LogP contribution in [0.25, 0.3) is 5.95 Å². The Hall–Kier alpha value is -1.73. The molecule has 112 valence electrons. The molecule has 7 nitrogen and oxygen atoms in total. The summed E-state index contributed by atoms with van der Waals surface area (Å²) in [6.07, 6.45) is 7.14. The van der Waals surface area contributed by atoms with Crippen molar-refractivity contribution in [2.24, 2.45) is 0 Å². The third-order valence-corrected chi connectivity index (χ3v) is 3.61. The third kappa shape index (κ3) is 3.89. The molecule has 21 heavy (non-hydrogen) atoms. The first-order valence-electron chi connectivity index (χ1n) is 7.19. The van der Waals surface area contributed by atoms with Crippen molar-refractivity contribution in [2.45, 2.75) is 19.3 Å². The molecular formula is C13H18ClN7. The number of rotatable bonds is 6. The quantitative estimate of drug-likeness (QED) is 0.818. The third-order valence-electron chi connectivity index (χ3n) is 3.44. The average molecular weight is 308 g/mol. The van der Waals surface area contributed by atoms with Gasteiger partial charge in [0.1, 0.15) is 0 Å². The molecule has 0 unspecified atom stereocenters. The summed E-state index contributed by atoms with van der Waals surface area (Å²) in [7, 11) is 0. The second-order valence-electron chi connectivity index (χ2n) is 5.01. The largest absolute Gasteiger partial charge is 0.354 e. The number of nitrogens with zero attached hydrogens (tertiary/aromatic N) is 6. The Bertz CT molecular complexity index is 566. The summed E-state index contributed by atoms with van der Waals surface area (Å²) in [6, 6.07) is 1.81. The van der Waals surface area contributed by atoms with E-state index in [2.05, 4.69) is 30.3 Å². The lowest BCUT2D eigenvalue weighted by Gasteiger charge is -2.14. The van der Waals surface area contributed by atoms with E-state index in [1.165, 1.54) is 25.9 Å². The monoisotopic (exact) mass is 307 g/mol. The van der Waals surface area contributed by atoms with E-state index in [0.717, 1.165) is 19.5 Å². The van der Waals surface area contributed by atoms with Crippen molar-refractivity contribution in [1.29, 1.82) is 0 Å². The molecule has 0 aliphatic carbocycles. The van der Waals surface area contributed by atoms with Gasteiger partial charge in [-0.2, -0.15) is 20.1 Å². The second kappa shape index (κ2) is 6.82. The fourth-order valence-corrected chi connectivity index (χ4v) is 2.57. The molecule has 1 aliphatic rings. The van der Waals surface area contributed by atoms with E-state index in [9.17, 15) is 0 Å². The van der Waals surface area contributed by atoms with Crippen LogP contribution in [-0.4, -0.2) is 55.8 Å². The zero-order chi connectivity index (χ0) is 14.5. The SMILES string of the molecule is Clc1nc(NCCCN2CCCC2)nc(-n2cccn2)n1. The predicted octanol–water partition coefficient (Wildman–Crippen LogP) is 1.61. The number of halogens is 1. The minimum atomic E-state index is 0.164. The molecule has 0 atom stereocenters. The minimum Gasteiger partial charge on any atom is -0.354 e. The molecule has 1 aliphatic heterocycles. The minimum absolute atomic E-state index is 0.164. The van der Waals surface area contributed by atoms with Gasteiger partial charge in [0.2, 0.25) is 11.2 Å². The van der Waals surface area contributed by atoms with Crippen molar-refractivity contribution < 1.29 is 0 Å². The molecule has 0 aromatic carbocycles. The molecule has 2 aromatic rings. The summed E-state index contributed by atoms with van der Waals surface area (Å²) in [5, 5.41) is 7.45. The summed E-state index contributed by atoms with van der Waals surface area (Å²) in [5.74, 6) is 0.906. The van der Waals surface area contributed by atoms with Gasteiger partial charge in [-0.05, 0) is 56.6 Å². The maximum absolute atomic E-state index is 5.93. The van der Waals surface area contributed by atoms with Gasteiger partial charge >= 0.3 is 0 Å². The number of nitrogens with one attached hydrogen (secondary N) is 1. The van der Waals surface area contributed by atoms with Crippen LogP contribution in [0.2, 0.25) is 5.28 Å². The molecule has 0 spiro atoms. The topological polar surface area (TPSA) is 71.8 Å². The van der Waals surface area contributed by atoms with Crippen molar-refractivity contribution in [3.05, 3.63) is 23.7 Å². The van der Waals surface area contributed by atoms with Crippen molar-refractivity contribution in [3.8, 4) is 5.95 Å². The van der Waals surface area contributed by atoms with Crippen LogP contribution >= 0.6 is 11.6 Å². The molecule has 0 bridgehead atoms. The average Bonchev–Trinajstić information content (AvgIpc) is 3.16. The summed E-state index contributed by atoms with van der Waals surface area (Å²) in [5.41, 5.74) is 0. The van der Waals surface area contributed by atoms with Crippen LogP contribution in [-0.2, 0) is 0 Å². The van der Waals surface area contributed by atoms with Crippen molar-refractivity contribution in [3.63, 3.8) is 0 Å². The van der Waals surface area contributed by atoms with Gasteiger partial charge in [-0.3, -0.25) is 0 Å². The molecule has 3 rings (SSSR count). The highest BCUT2D eigenvalue weighted by Crippen LogP contribution is 2.10. The van der Waals surface area contributed by atoms with Gasteiger partial charge in [0.25, 0.3) is 5.95 Å². The molecule has 2 aromatic heterocycles. The first kappa shape index (κ1) is 14.2. The summed E-state index contributed by atoms with van der Waals surface area (Å²) in [4.78, 5) is 15.0. The molecule has 8 heteroatoms. The highest BCUT2D eigenvalue weighted by atomic mass is 35.5. The smallest absolute Gasteiger partial charge is 0.256 e. The Morgan fingerprint density at radius 1 is 1.19 bits per heavy atom. The number of aromatic nitrogens is 5. The molecule has 1 N–H and O–H groups in total. The fraction of sp³-hybridized carbons (Fsp3) is 0.538. The van der Waals surface area contributed by atoms with E-state index < -0.39 is 0 Å². The molecule has 1 saturated heterocycles. The van der Waals surface area contributed by atoms with E-state index in [0.29, 0.717) is 11.9 Å². The standard InChI is InChI=1S/C13H18ClN7/c14-11-17-12(15-5-3-9-20-7-1-2-8-20)19-13(18-11)21-10-4-6-16-21/h4,6,10H,1-3,5,7-9H2,(H,15,17,18,19). The van der Waals surface area contributed by atoms with Crippen LogP contribution < -0.4 is 5.32 Å². The van der Waals surface area contributed by atoms with E-state index in [1.54, 1.807) is 23.1 Å². The van der Waals surface area contributed by atoms with Crippen LogP contribution in [0.5, 0.6) is 0 Å². The van der Waals surface area contributed by atoms with E-state index in [1.807, 2.05) is 0 Å². The van der Waals surface area contributed by atoms with Gasteiger partial charge in [-0.25, -0.2) is 4.68 Å². The van der Waals surface area contributed by atoms with Crippen LogP contribution in [0, 0.1) is 0 Å². The second-order valence-corrected chi connectivity index (χ2v) is 5.35. The fourth-order valence-electron chi connectivity index (χ4n) is 2.42. The van der Waals surface area contributed by atoms with Crippen molar-refractivity contribution in [1.82, 2.24) is 29.6 Å². The normalized spacial score (nSPS) is 15.5. The zero-order valence-corrected chi connectivity index (χ0v) is 12.5. The lowest BCUT2D eigenvalue weighted by atomic mass is 10.4. The lowest BCUT2D eigenvalue weighted by Crippen LogP contribution is -2.22. The van der Waals surface area contributed by atoms with Gasteiger partial charge in [-0.1, -0.05) is 0 Å². The number of likely N-dealkylation sites (tertiary alicyclic amines) is 1. The lowest BCUT2D eigenvalue weighted by molar-refractivity contribution is 0.337. The number of hydrogen-bond acceptors (Lipinski definition) is 6. The molecule has 0 saturated carbocycles. The van der Waals surface area contributed by atoms with Crippen molar-refractivity contribution >= 4 is 17.5 Å². The number of hydrogen-bond donors (Lipinski definition) is 1. The number of anilines is 1. The molecule has 0 amide bonds. The Balaban J connectivity index is 1.55. The first-order valence-corrected chi connectivity index (χ1v) is 7.57. The van der Waals surface area contributed by atoms with Gasteiger partial charge < -0.3 is 10.2 Å². The first-order chi connectivity index (χ1) is 10.3. The zero-order valence-electron chi connectivity index (χ0n) is 11.7. The van der Waals surface area contributed by atoms with E-state index >= 15 is 0 Å². The van der Waals surface area contributed by atoms with E-state index in [-0.39, 0.29) is 5.28 Å².